The average molecular weight is 243 g/mol. The van der Waals surface area contributed by atoms with Gasteiger partial charge in [0.15, 0.2) is 0 Å². The van der Waals surface area contributed by atoms with Gasteiger partial charge >= 0.3 is 6.09 Å². The van der Waals surface area contributed by atoms with Gasteiger partial charge in [-0.1, -0.05) is 6.08 Å². The Morgan fingerprint density at radius 3 is 3.22 bits per heavy atom. The number of H-pyrrole nitrogens is 1. The molecule has 5 heteroatoms. The first kappa shape index (κ1) is 10.8. The summed E-state index contributed by atoms with van der Waals surface area (Å²) < 4.78 is 0. The Balaban J connectivity index is 2.00. The topological polar surface area (TPSA) is 69.2 Å². The lowest BCUT2D eigenvalue weighted by Crippen LogP contribution is -2.34. The summed E-state index contributed by atoms with van der Waals surface area (Å²) in [5.41, 5.74) is 3.10. The number of nitrogens with one attached hydrogen (secondary N) is 1. The molecule has 1 aliphatic heterocycles. The van der Waals surface area contributed by atoms with Crippen LogP contribution in [0.4, 0.5) is 4.79 Å². The first-order chi connectivity index (χ1) is 8.75. The van der Waals surface area contributed by atoms with E-state index in [1.54, 1.807) is 12.4 Å². The maximum atomic E-state index is 11.0. The van der Waals surface area contributed by atoms with Crippen LogP contribution >= 0.6 is 0 Å². The summed E-state index contributed by atoms with van der Waals surface area (Å²) in [6, 6.07) is 1.95. The quantitative estimate of drug-likeness (QED) is 0.807. The molecule has 0 bridgehead atoms. The SMILES string of the molecule is O=C(O)N1CCC=C(c2c[nH]c3cnccc23)C1. The van der Waals surface area contributed by atoms with Crippen molar-refractivity contribution in [2.24, 2.45) is 0 Å². The van der Waals surface area contributed by atoms with Crippen LogP contribution in [0.1, 0.15) is 12.0 Å². The van der Waals surface area contributed by atoms with Gasteiger partial charge in [0.05, 0.1) is 11.7 Å². The predicted octanol–water partition coefficient (Wildman–Crippen LogP) is 2.33. The van der Waals surface area contributed by atoms with Crippen LogP contribution in [-0.2, 0) is 0 Å². The Kier molecular flexibility index (Phi) is 2.51. The lowest BCUT2D eigenvalue weighted by molar-refractivity contribution is 0.150. The molecule has 0 spiro atoms. The number of aromatic amines is 1. The number of aromatic nitrogens is 2. The lowest BCUT2D eigenvalue weighted by atomic mass is 10.0. The first-order valence-corrected chi connectivity index (χ1v) is 5.84. The molecule has 2 N–H and O–H groups in total. The Bertz CT molecular complexity index is 630. The van der Waals surface area contributed by atoms with Gasteiger partial charge in [-0.2, -0.15) is 0 Å². The number of hydrogen-bond acceptors (Lipinski definition) is 2. The van der Waals surface area contributed by atoms with Gasteiger partial charge in [-0.05, 0) is 18.1 Å². The van der Waals surface area contributed by atoms with E-state index in [4.69, 9.17) is 5.11 Å². The maximum Gasteiger partial charge on any atom is 0.407 e. The van der Waals surface area contributed by atoms with E-state index in [1.807, 2.05) is 12.3 Å². The van der Waals surface area contributed by atoms with Crippen molar-refractivity contribution in [3.05, 3.63) is 36.3 Å². The number of nitrogens with zero attached hydrogens (tertiary/aromatic N) is 2. The standard InChI is InChI=1S/C13H13N3O2/c17-13(18)16-5-1-2-9(8-16)11-6-15-12-7-14-4-3-10(11)12/h2-4,6-7,15H,1,5,8H2,(H,17,18). The van der Waals surface area contributed by atoms with Gasteiger partial charge in [-0.25, -0.2) is 4.79 Å². The molecular weight excluding hydrogens is 230 g/mol. The van der Waals surface area contributed by atoms with Gasteiger partial charge in [-0.3, -0.25) is 4.98 Å². The van der Waals surface area contributed by atoms with E-state index in [0.717, 1.165) is 28.5 Å². The molecule has 0 aromatic carbocycles. The molecule has 2 aromatic rings. The second-order valence-corrected chi connectivity index (χ2v) is 4.35. The van der Waals surface area contributed by atoms with Crippen molar-refractivity contribution >= 4 is 22.6 Å². The van der Waals surface area contributed by atoms with Crippen molar-refractivity contribution in [1.82, 2.24) is 14.9 Å². The number of pyridine rings is 1. The maximum absolute atomic E-state index is 11.0. The van der Waals surface area contributed by atoms with Gasteiger partial charge in [0.25, 0.3) is 0 Å². The highest BCUT2D eigenvalue weighted by Crippen LogP contribution is 2.27. The van der Waals surface area contributed by atoms with Crippen LogP contribution < -0.4 is 0 Å². The third-order valence-electron chi connectivity index (χ3n) is 3.25. The minimum atomic E-state index is -0.859. The number of fused-ring (bicyclic) bond motifs is 1. The Hall–Kier alpha value is -2.30. The molecule has 5 nitrogen and oxygen atoms in total. The van der Waals surface area contributed by atoms with Crippen LogP contribution in [0.3, 0.4) is 0 Å². The highest BCUT2D eigenvalue weighted by atomic mass is 16.4. The van der Waals surface area contributed by atoms with Crippen molar-refractivity contribution in [3.63, 3.8) is 0 Å². The molecule has 0 saturated heterocycles. The van der Waals surface area contributed by atoms with Crippen molar-refractivity contribution in [1.29, 1.82) is 0 Å². The molecule has 3 heterocycles. The Labute approximate surface area is 104 Å². The van der Waals surface area contributed by atoms with Crippen molar-refractivity contribution < 1.29 is 9.90 Å². The number of amides is 1. The molecule has 92 valence electrons. The van der Waals surface area contributed by atoms with Gasteiger partial charge in [0, 0.05) is 36.4 Å². The second-order valence-electron chi connectivity index (χ2n) is 4.35. The van der Waals surface area contributed by atoms with Crippen LogP contribution in [-0.4, -0.2) is 39.2 Å². The first-order valence-electron chi connectivity index (χ1n) is 5.84. The second kappa shape index (κ2) is 4.18. The molecule has 1 amide bonds. The molecule has 0 radical (unpaired) electrons. The van der Waals surface area contributed by atoms with Gasteiger partial charge < -0.3 is 15.0 Å². The molecule has 0 atom stereocenters. The summed E-state index contributed by atoms with van der Waals surface area (Å²) >= 11 is 0. The van der Waals surface area contributed by atoms with Crippen LogP contribution in [0.25, 0.3) is 16.5 Å². The summed E-state index contributed by atoms with van der Waals surface area (Å²) in [5, 5.41) is 10.1. The molecule has 18 heavy (non-hydrogen) atoms. The zero-order chi connectivity index (χ0) is 12.5. The van der Waals surface area contributed by atoms with Gasteiger partial charge in [-0.15, -0.1) is 0 Å². The highest BCUT2D eigenvalue weighted by molar-refractivity contribution is 5.93. The number of rotatable bonds is 1. The number of hydrogen-bond donors (Lipinski definition) is 2. The normalized spacial score (nSPS) is 15.8. The summed E-state index contributed by atoms with van der Waals surface area (Å²) in [5.74, 6) is 0. The molecule has 1 aliphatic rings. The molecule has 0 unspecified atom stereocenters. The fourth-order valence-corrected chi connectivity index (χ4v) is 2.34. The van der Waals surface area contributed by atoms with Crippen LogP contribution in [0, 0.1) is 0 Å². The van der Waals surface area contributed by atoms with E-state index in [-0.39, 0.29) is 0 Å². The van der Waals surface area contributed by atoms with E-state index in [0.29, 0.717) is 13.1 Å². The summed E-state index contributed by atoms with van der Waals surface area (Å²) in [6.45, 7) is 1.02. The Morgan fingerprint density at radius 1 is 1.50 bits per heavy atom. The molecule has 2 aromatic heterocycles. The van der Waals surface area contributed by atoms with E-state index in [9.17, 15) is 4.79 Å². The zero-order valence-electron chi connectivity index (χ0n) is 9.76. The van der Waals surface area contributed by atoms with E-state index in [2.05, 4.69) is 16.0 Å². The summed E-state index contributed by atoms with van der Waals surface area (Å²) in [4.78, 5) is 19.7. The molecular formula is C13H13N3O2. The monoisotopic (exact) mass is 243 g/mol. The number of carboxylic acid groups (broad SMARTS) is 1. The number of carbonyl (C=O) groups is 1. The summed E-state index contributed by atoms with van der Waals surface area (Å²) in [7, 11) is 0. The minimum Gasteiger partial charge on any atom is -0.465 e. The van der Waals surface area contributed by atoms with E-state index < -0.39 is 6.09 Å². The Morgan fingerprint density at radius 2 is 2.39 bits per heavy atom. The minimum absolute atomic E-state index is 0.449. The van der Waals surface area contributed by atoms with Crippen molar-refractivity contribution in [2.75, 3.05) is 13.1 Å². The average Bonchev–Trinajstić information content (AvgIpc) is 2.82. The van der Waals surface area contributed by atoms with E-state index >= 15 is 0 Å². The zero-order valence-corrected chi connectivity index (χ0v) is 9.76. The van der Waals surface area contributed by atoms with Crippen molar-refractivity contribution in [2.45, 2.75) is 6.42 Å². The van der Waals surface area contributed by atoms with Crippen LogP contribution in [0.2, 0.25) is 0 Å². The fraction of sp³-hybridized carbons (Fsp3) is 0.231. The highest BCUT2D eigenvalue weighted by Gasteiger charge is 2.19. The third kappa shape index (κ3) is 1.73. The predicted molar refractivity (Wildman–Crippen MR) is 68.3 cm³/mol. The lowest BCUT2D eigenvalue weighted by Gasteiger charge is -2.24. The van der Waals surface area contributed by atoms with Gasteiger partial charge in [0.1, 0.15) is 0 Å². The fourth-order valence-electron chi connectivity index (χ4n) is 2.34. The van der Waals surface area contributed by atoms with E-state index in [1.165, 1.54) is 4.90 Å². The molecule has 3 rings (SSSR count). The largest absolute Gasteiger partial charge is 0.465 e. The third-order valence-corrected chi connectivity index (χ3v) is 3.25. The van der Waals surface area contributed by atoms with Gasteiger partial charge in [0.2, 0.25) is 0 Å². The van der Waals surface area contributed by atoms with Crippen LogP contribution in [0.15, 0.2) is 30.7 Å². The molecule has 0 aliphatic carbocycles. The molecule has 0 saturated carbocycles. The molecule has 0 fully saturated rings. The van der Waals surface area contributed by atoms with Crippen LogP contribution in [0.5, 0.6) is 0 Å². The van der Waals surface area contributed by atoms with Crippen molar-refractivity contribution in [3.8, 4) is 0 Å². The smallest absolute Gasteiger partial charge is 0.407 e. The summed E-state index contributed by atoms with van der Waals surface area (Å²) in [6.07, 6.45) is 7.46.